The fourth-order valence-corrected chi connectivity index (χ4v) is 2.73. The number of urea groups is 1. The second kappa shape index (κ2) is 8.46. The molecule has 0 bridgehead atoms. The fraction of sp³-hybridized carbons (Fsp3) is 0.200. The lowest BCUT2D eigenvalue weighted by Gasteiger charge is -2.23. The smallest absolute Gasteiger partial charge is 0.416 e. The van der Waals surface area contributed by atoms with Crippen molar-refractivity contribution >= 4 is 23.5 Å². The van der Waals surface area contributed by atoms with Crippen LogP contribution in [-0.4, -0.2) is 36.4 Å². The SMILES string of the molecule is CC(=O)Oc1ccc(-c2nonc2N(C)C(=O)N(C)c2ccc(C(F)(F)F)cc2)cc1. The van der Waals surface area contributed by atoms with Crippen molar-refractivity contribution in [3.63, 3.8) is 0 Å². The van der Waals surface area contributed by atoms with Crippen LogP contribution in [0.4, 0.5) is 29.5 Å². The number of hydrogen-bond acceptors (Lipinski definition) is 6. The summed E-state index contributed by atoms with van der Waals surface area (Å²) < 4.78 is 48.0. The minimum atomic E-state index is -4.47. The molecule has 0 aliphatic rings. The summed E-state index contributed by atoms with van der Waals surface area (Å²) in [5.74, 6) is -0.0297. The van der Waals surface area contributed by atoms with Gasteiger partial charge >= 0.3 is 18.2 Å². The first-order valence-corrected chi connectivity index (χ1v) is 8.88. The number of amides is 2. The summed E-state index contributed by atoms with van der Waals surface area (Å²) in [6.45, 7) is 1.28. The number of alkyl halides is 3. The number of esters is 1. The van der Waals surface area contributed by atoms with Crippen LogP contribution in [-0.2, 0) is 11.0 Å². The van der Waals surface area contributed by atoms with Crippen LogP contribution < -0.4 is 14.5 Å². The van der Waals surface area contributed by atoms with Crippen molar-refractivity contribution in [1.82, 2.24) is 10.3 Å². The molecule has 0 N–H and O–H groups in total. The normalized spacial score (nSPS) is 11.2. The molecule has 8 nitrogen and oxygen atoms in total. The Morgan fingerprint density at radius 3 is 2.10 bits per heavy atom. The molecule has 31 heavy (non-hydrogen) atoms. The van der Waals surface area contributed by atoms with Gasteiger partial charge in [-0.2, -0.15) is 13.2 Å². The molecule has 0 saturated heterocycles. The highest BCUT2D eigenvalue weighted by atomic mass is 19.4. The molecular weight excluding hydrogens is 417 g/mol. The molecule has 0 fully saturated rings. The van der Waals surface area contributed by atoms with Gasteiger partial charge in [-0.15, -0.1) is 0 Å². The molecule has 0 unspecified atom stereocenters. The van der Waals surface area contributed by atoms with E-state index in [4.69, 9.17) is 9.37 Å². The monoisotopic (exact) mass is 434 g/mol. The largest absolute Gasteiger partial charge is 0.427 e. The molecule has 0 aliphatic heterocycles. The van der Waals surface area contributed by atoms with Gasteiger partial charge in [0.05, 0.1) is 5.56 Å². The molecule has 0 saturated carbocycles. The number of hydrogen-bond donors (Lipinski definition) is 0. The number of aromatic nitrogens is 2. The zero-order chi connectivity index (χ0) is 22.8. The van der Waals surface area contributed by atoms with Crippen LogP contribution in [0.5, 0.6) is 5.75 Å². The Morgan fingerprint density at radius 1 is 0.935 bits per heavy atom. The Labute approximate surface area is 174 Å². The fourth-order valence-electron chi connectivity index (χ4n) is 2.73. The van der Waals surface area contributed by atoms with Crippen molar-refractivity contribution in [3.05, 3.63) is 54.1 Å². The average molecular weight is 434 g/mol. The van der Waals surface area contributed by atoms with Crippen LogP contribution in [0, 0.1) is 0 Å². The maximum Gasteiger partial charge on any atom is 0.416 e. The molecule has 2 amide bonds. The molecule has 3 aromatic rings. The van der Waals surface area contributed by atoms with Crippen LogP contribution in [0.15, 0.2) is 53.2 Å². The first-order valence-electron chi connectivity index (χ1n) is 8.88. The maximum atomic E-state index is 12.8. The van der Waals surface area contributed by atoms with Gasteiger partial charge in [0, 0.05) is 32.3 Å². The van der Waals surface area contributed by atoms with Gasteiger partial charge in [0.25, 0.3) is 0 Å². The van der Waals surface area contributed by atoms with Crippen molar-refractivity contribution in [2.75, 3.05) is 23.9 Å². The van der Waals surface area contributed by atoms with Crippen molar-refractivity contribution in [1.29, 1.82) is 0 Å². The molecule has 0 radical (unpaired) electrons. The van der Waals surface area contributed by atoms with Crippen molar-refractivity contribution in [2.45, 2.75) is 13.1 Å². The van der Waals surface area contributed by atoms with E-state index in [1.807, 2.05) is 0 Å². The van der Waals surface area contributed by atoms with Gasteiger partial charge in [-0.25, -0.2) is 9.42 Å². The number of nitrogens with zero attached hydrogens (tertiary/aromatic N) is 4. The maximum absolute atomic E-state index is 12.8. The molecule has 1 aromatic heterocycles. The molecular formula is C20H17F3N4O4. The number of ether oxygens (including phenoxy) is 1. The van der Waals surface area contributed by atoms with E-state index in [1.165, 1.54) is 38.1 Å². The van der Waals surface area contributed by atoms with Gasteiger partial charge in [0.1, 0.15) is 5.75 Å². The third-order valence-corrected chi connectivity index (χ3v) is 4.33. The van der Waals surface area contributed by atoms with E-state index in [0.717, 1.165) is 17.0 Å². The highest BCUT2D eigenvalue weighted by Crippen LogP contribution is 2.32. The number of carbonyl (C=O) groups is 2. The molecule has 1 heterocycles. The highest BCUT2D eigenvalue weighted by Gasteiger charge is 2.30. The molecule has 162 valence electrons. The summed E-state index contributed by atoms with van der Waals surface area (Å²) in [6, 6.07) is 9.93. The third-order valence-electron chi connectivity index (χ3n) is 4.33. The van der Waals surface area contributed by atoms with E-state index in [-0.39, 0.29) is 17.2 Å². The van der Waals surface area contributed by atoms with E-state index >= 15 is 0 Å². The molecule has 0 aliphatic carbocycles. The topological polar surface area (TPSA) is 88.8 Å². The lowest BCUT2D eigenvalue weighted by Crippen LogP contribution is -2.39. The number of anilines is 2. The first kappa shape index (κ1) is 21.8. The summed E-state index contributed by atoms with van der Waals surface area (Å²) in [4.78, 5) is 26.2. The van der Waals surface area contributed by atoms with E-state index in [2.05, 4.69) is 10.3 Å². The van der Waals surface area contributed by atoms with Crippen LogP contribution in [0.1, 0.15) is 12.5 Å². The Hall–Kier alpha value is -3.89. The molecule has 0 atom stereocenters. The summed E-state index contributed by atoms with van der Waals surface area (Å²) in [5.41, 5.74) is 0.245. The van der Waals surface area contributed by atoms with Crippen molar-refractivity contribution < 1.29 is 32.1 Å². The predicted octanol–water partition coefficient (Wildman–Crippen LogP) is 4.37. The standard InChI is InChI=1S/C20H17F3N4O4/c1-12(28)30-16-10-4-13(5-11-16)17-18(25-31-24-17)27(3)19(29)26(2)15-8-6-14(7-9-15)20(21,22)23/h4-11H,1-3H3. The minimum Gasteiger partial charge on any atom is -0.427 e. The lowest BCUT2D eigenvalue weighted by atomic mass is 10.1. The Morgan fingerprint density at radius 2 is 1.55 bits per heavy atom. The molecule has 0 spiro atoms. The van der Waals surface area contributed by atoms with Gasteiger partial charge in [-0.3, -0.25) is 14.6 Å². The second-order valence-corrected chi connectivity index (χ2v) is 6.50. The summed E-state index contributed by atoms with van der Waals surface area (Å²) in [5, 5.41) is 7.58. The van der Waals surface area contributed by atoms with Gasteiger partial charge in [-0.05, 0) is 58.8 Å². The lowest BCUT2D eigenvalue weighted by molar-refractivity contribution is -0.137. The van der Waals surface area contributed by atoms with Gasteiger partial charge in [-0.1, -0.05) is 0 Å². The van der Waals surface area contributed by atoms with E-state index in [1.54, 1.807) is 24.3 Å². The Kier molecular flexibility index (Phi) is 5.95. The predicted molar refractivity (Wildman–Crippen MR) is 105 cm³/mol. The van der Waals surface area contributed by atoms with Crippen molar-refractivity contribution in [2.24, 2.45) is 0 Å². The molecule has 3 rings (SSSR count). The minimum absolute atomic E-state index is 0.101. The van der Waals surface area contributed by atoms with Crippen LogP contribution in [0.2, 0.25) is 0 Å². The first-order chi connectivity index (χ1) is 14.6. The Balaban J connectivity index is 1.80. The van der Waals surface area contributed by atoms with E-state index < -0.39 is 23.7 Å². The average Bonchev–Trinajstić information content (AvgIpc) is 3.21. The molecule has 11 heteroatoms. The number of carbonyl (C=O) groups excluding carboxylic acids is 2. The number of halogens is 3. The third kappa shape index (κ3) is 4.82. The number of rotatable bonds is 4. The van der Waals surface area contributed by atoms with E-state index in [9.17, 15) is 22.8 Å². The van der Waals surface area contributed by atoms with Gasteiger partial charge in [0.2, 0.25) is 5.82 Å². The van der Waals surface area contributed by atoms with Crippen molar-refractivity contribution in [3.8, 4) is 17.0 Å². The van der Waals surface area contributed by atoms with Crippen LogP contribution >= 0.6 is 0 Å². The van der Waals surface area contributed by atoms with Crippen LogP contribution in [0.3, 0.4) is 0 Å². The summed E-state index contributed by atoms with van der Waals surface area (Å²) in [7, 11) is 2.85. The zero-order valence-corrected chi connectivity index (χ0v) is 16.7. The molecule has 2 aromatic carbocycles. The van der Waals surface area contributed by atoms with E-state index in [0.29, 0.717) is 11.3 Å². The summed E-state index contributed by atoms with van der Waals surface area (Å²) >= 11 is 0. The number of benzene rings is 2. The van der Waals surface area contributed by atoms with Crippen LogP contribution in [0.25, 0.3) is 11.3 Å². The highest BCUT2D eigenvalue weighted by molar-refractivity contribution is 6.03. The Bertz CT molecular complexity index is 1080. The quantitative estimate of drug-likeness (QED) is 0.448. The zero-order valence-electron chi connectivity index (χ0n) is 16.7. The van der Waals surface area contributed by atoms with Gasteiger partial charge in [0.15, 0.2) is 5.69 Å². The second-order valence-electron chi connectivity index (χ2n) is 6.50. The summed E-state index contributed by atoms with van der Waals surface area (Å²) in [6.07, 6.45) is -4.47. The van der Waals surface area contributed by atoms with Gasteiger partial charge < -0.3 is 4.74 Å².